The summed E-state index contributed by atoms with van der Waals surface area (Å²) >= 11 is 0. The number of nitrogens with one attached hydrogen (secondary N) is 1. The van der Waals surface area contributed by atoms with Crippen molar-refractivity contribution in [1.29, 1.82) is 0 Å². The Bertz CT molecular complexity index is 1240. The highest BCUT2D eigenvalue weighted by molar-refractivity contribution is 7.89. The minimum Gasteiger partial charge on any atom is -0.436 e. The minimum atomic E-state index is -3.11. The van der Waals surface area contributed by atoms with Gasteiger partial charge in [-0.2, -0.15) is 0 Å². The predicted molar refractivity (Wildman–Crippen MR) is 112 cm³/mol. The lowest BCUT2D eigenvalue weighted by Gasteiger charge is -2.07. The van der Waals surface area contributed by atoms with Gasteiger partial charge in [0.2, 0.25) is 5.89 Å². The maximum atomic E-state index is 12.4. The second-order valence-corrected chi connectivity index (χ2v) is 8.93. The molecule has 0 aliphatic heterocycles. The number of sulfone groups is 1. The molecule has 4 rings (SSSR count). The Morgan fingerprint density at radius 3 is 2.31 bits per heavy atom. The topological polar surface area (TPSA) is 89.3 Å². The van der Waals surface area contributed by atoms with Crippen LogP contribution in [0.1, 0.15) is 15.9 Å². The molecule has 0 saturated heterocycles. The van der Waals surface area contributed by atoms with Gasteiger partial charge >= 0.3 is 0 Å². The van der Waals surface area contributed by atoms with E-state index in [-0.39, 0.29) is 11.7 Å². The highest BCUT2D eigenvalue weighted by atomic mass is 32.2. The molecule has 1 amide bonds. The second-order valence-electron chi connectivity index (χ2n) is 6.79. The molecule has 0 bridgehead atoms. The summed E-state index contributed by atoms with van der Waals surface area (Å²) < 4.78 is 28.5. The third-order valence-corrected chi connectivity index (χ3v) is 5.19. The number of benzene rings is 3. The first-order valence-corrected chi connectivity index (χ1v) is 11.0. The summed E-state index contributed by atoms with van der Waals surface area (Å²) in [5.74, 6) is 0.197. The Morgan fingerprint density at radius 1 is 0.966 bits per heavy atom. The minimum absolute atomic E-state index is 0.0494. The van der Waals surface area contributed by atoms with E-state index in [4.69, 9.17) is 4.42 Å². The summed E-state index contributed by atoms with van der Waals surface area (Å²) in [7, 11) is -3.11. The predicted octanol–water partition coefficient (Wildman–Crippen LogP) is 4.29. The molecule has 146 valence electrons. The number of carbonyl (C=O) groups is 1. The third-order valence-electron chi connectivity index (χ3n) is 4.33. The quantitative estimate of drug-likeness (QED) is 0.534. The smallest absolute Gasteiger partial charge is 0.255 e. The molecule has 29 heavy (non-hydrogen) atoms. The van der Waals surface area contributed by atoms with Gasteiger partial charge in [-0.1, -0.05) is 24.3 Å². The number of amides is 1. The van der Waals surface area contributed by atoms with E-state index in [1.54, 1.807) is 36.4 Å². The lowest BCUT2D eigenvalue weighted by molar-refractivity contribution is 0.102. The lowest BCUT2D eigenvalue weighted by atomic mass is 10.1. The molecule has 3 aromatic carbocycles. The number of nitrogens with zero attached hydrogens (tertiary/aromatic N) is 1. The van der Waals surface area contributed by atoms with Crippen molar-refractivity contribution in [1.82, 2.24) is 4.98 Å². The first-order valence-electron chi connectivity index (χ1n) is 8.91. The summed E-state index contributed by atoms with van der Waals surface area (Å²) in [6.45, 7) is 0. The summed E-state index contributed by atoms with van der Waals surface area (Å²) in [6.07, 6.45) is 1.18. The maximum Gasteiger partial charge on any atom is 0.255 e. The monoisotopic (exact) mass is 406 g/mol. The van der Waals surface area contributed by atoms with Gasteiger partial charge in [-0.25, -0.2) is 13.4 Å². The van der Waals surface area contributed by atoms with Crippen LogP contribution in [0.3, 0.4) is 0 Å². The zero-order valence-corrected chi connectivity index (χ0v) is 16.4. The Labute approximate surface area is 168 Å². The number of para-hydroxylation sites is 2. The van der Waals surface area contributed by atoms with Gasteiger partial charge in [-0.3, -0.25) is 4.79 Å². The van der Waals surface area contributed by atoms with E-state index >= 15 is 0 Å². The van der Waals surface area contributed by atoms with Gasteiger partial charge in [0.05, 0.1) is 5.75 Å². The summed E-state index contributed by atoms with van der Waals surface area (Å²) in [4.78, 5) is 16.9. The van der Waals surface area contributed by atoms with Crippen molar-refractivity contribution in [3.8, 4) is 11.5 Å². The fourth-order valence-electron chi connectivity index (χ4n) is 2.95. The van der Waals surface area contributed by atoms with Crippen LogP contribution in [0.25, 0.3) is 22.6 Å². The van der Waals surface area contributed by atoms with Crippen LogP contribution >= 0.6 is 0 Å². The highest BCUT2D eigenvalue weighted by Crippen LogP contribution is 2.25. The van der Waals surface area contributed by atoms with Crippen molar-refractivity contribution < 1.29 is 17.6 Å². The molecule has 0 saturated carbocycles. The van der Waals surface area contributed by atoms with Crippen LogP contribution in [0.15, 0.2) is 77.2 Å². The van der Waals surface area contributed by atoms with Gasteiger partial charge in [-0.15, -0.1) is 0 Å². The van der Waals surface area contributed by atoms with E-state index in [2.05, 4.69) is 10.3 Å². The lowest BCUT2D eigenvalue weighted by Crippen LogP contribution is -2.12. The normalized spacial score (nSPS) is 11.5. The fourth-order valence-corrected chi connectivity index (χ4v) is 3.75. The average Bonchev–Trinajstić information content (AvgIpc) is 3.12. The molecule has 0 aliphatic rings. The number of hydrogen-bond acceptors (Lipinski definition) is 5. The molecule has 1 heterocycles. The molecule has 0 spiro atoms. The Morgan fingerprint density at radius 2 is 1.66 bits per heavy atom. The van der Waals surface area contributed by atoms with Crippen LogP contribution in [0, 0.1) is 0 Å². The molecule has 0 aliphatic carbocycles. The molecule has 1 N–H and O–H groups in total. The third kappa shape index (κ3) is 4.52. The molecule has 7 heteroatoms. The Kier molecular flexibility index (Phi) is 4.90. The van der Waals surface area contributed by atoms with E-state index in [1.165, 1.54) is 6.26 Å². The molecular weight excluding hydrogens is 388 g/mol. The van der Waals surface area contributed by atoms with Gasteiger partial charge in [0.1, 0.15) is 5.52 Å². The van der Waals surface area contributed by atoms with Gasteiger partial charge in [0.15, 0.2) is 15.4 Å². The Balaban J connectivity index is 1.46. The molecule has 4 aromatic rings. The van der Waals surface area contributed by atoms with Crippen LogP contribution in [-0.4, -0.2) is 25.6 Å². The SMILES string of the molecule is CS(=O)(=O)Cc1ccc(C(=O)Nc2ccc(-c3nc4ccccc4o3)cc2)cc1. The standard InChI is InChI=1S/C22H18N2O4S/c1-29(26,27)14-15-6-8-16(9-7-15)21(25)23-18-12-10-17(11-13-18)22-24-19-4-2-3-5-20(19)28-22/h2-13H,14H2,1H3,(H,23,25). The van der Waals surface area contributed by atoms with Crippen LogP contribution in [0.4, 0.5) is 5.69 Å². The van der Waals surface area contributed by atoms with Crippen LogP contribution in [0.2, 0.25) is 0 Å². The first-order chi connectivity index (χ1) is 13.9. The van der Waals surface area contributed by atoms with Crippen molar-refractivity contribution in [2.24, 2.45) is 0 Å². The van der Waals surface area contributed by atoms with Crippen molar-refractivity contribution in [2.75, 3.05) is 11.6 Å². The molecule has 1 aromatic heterocycles. The Hall–Kier alpha value is -3.45. The van der Waals surface area contributed by atoms with E-state index in [1.807, 2.05) is 36.4 Å². The van der Waals surface area contributed by atoms with Crippen molar-refractivity contribution >= 4 is 32.5 Å². The highest BCUT2D eigenvalue weighted by Gasteiger charge is 2.10. The zero-order valence-electron chi connectivity index (χ0n) is 15.6. The molecular formula is C22H18N2O4S. The van der Waals surface area contributed by atoms with Crippen LogP contribution < -0.4 is 5.32 Å². The van der Waals surface area contributed by atoms with Gasteiger partial charge in [-0.05, 0) is 54.1 Å². The first kappa shape index (κ1) is 18.9. The molecule has 6 nitrogen and oxygen atoms in total. The fraction of sp³-hybridized carbons (Fsp3) is 0.0909. The second kappa shape index (κ2) is 7.52. The number of anilines is 1. The number of aromatic nitrogens is 1. The number of carbonyl (C=O) groups excluding carboxylic acids is 1. The number of oxazole rings is 1. The summed E-state index contributed by atoms with van der Waals surface area (Å²) in [5, 5.41) is 2.82. The van der Waals surface area contributed by atoms with Crippen LogP contribution in [-0.2, 0) is 15.6 Å². The number of rotatable bonds is 5. The number of hydrogen-bond donors (Lipinski definition) is 1. The number of fused-ring (bicyclic) bond motifs is 1. The zero-order chi connectivity index (χ0) is 20.4. The van der Waals surface area contributed by atoms with Gasteiger partial charge in [0, 0.05) is 23.1 Å². The maximum absolute atomic E-state index is 12.4. The van der Waals surface area contributed by atoms with Crippen molar-refractivity contribution in [2.45, 2.75) is 5.75 Å². The van der Waals surface area contributed by atoms with E-state index in [0.717, 1.165) is 16.7 Å². The van der Waals surface area contributed by atoms with E-state index in [0.29, 0.717) is 22.7 Å². The van der Waals surface area contributed by atoms with Gasteiger partial charge in [0.25, 0.3) is 5.91 Å². The molecule has 0 fully saturated rings. The summed E-state index contributed by atoms with van der Waals surface area (Å²) in [6, 6.07) is 21.3. The van der Waals surface area contributed by atoms with Crippen LogP contribution in [0.5, 0.6) is 0 Å². The van der Waals surface area contributed by atoms with E-state index < -0.39 is 9.84 Å². The van der Waals surface area contributed by atoms with Gasteiger partial charge < -0.3 is 9.73 Å². The van der Waals surface area contributed by atoms with E-state index in [9.17, 15) is 13.2 Å². The largest absolute Gasteiger partial charge is 0.436 e. The average molecular weight is 406 g/mol. The molecule has 0 unspecified atom stereocenters. The molecule has 0 atom stereocenters. The summed E-state index contributed by atoms with van der Waals surface area (Å²) in [5.41, 5.74) is 4.05. The molecule has 0 radical (unpaired) electrons. The van der Waals surface area contributed by atoms with Crippen molar-refractivity contribution in [3.63, 3.8) is 0 Å². The van der Waals surface area contributed by atoms with Crippen molar-refractivity contribution in [3.05, 3.63) is 83.9 Å².